The highest BCUT2D eigenvalue weighted by Gasteiger charge is 2.11. The number of hydrogen-bond donors (Lipinski definition) is 2. The van der Waals surface area contributed by atoms with Crippen molar-refractivity contribution >= 4 is 29.9 Å². The molecule has 1 saturated heterocycles. The molecule has 1 heterocycles. The Hall–Kier alpha value is -0.0800. The van der Waals surface area contributed by atoms with E-state index in [1.54, 1.807) is 0 Å². The predicted octanol–water partition coefficient (Wildman–Crippen LogP) is 3.40. The molecule has 1 unspecified atom stereocenters. The van der Waals surface area contributed by atoms with Gasteiger partial charge in [0.15, 0.2) is 5.96 Å². The van der Waals surface area contributed by atoms with E-state index >= 15 is 0 Å². The number of nitrogens with zero attached hydrogens (tertiary/aromatic N) is 3. The molecule has 26 heavy (non-hydrogen) atoms. The summed E-state index contributed by atoms with van der Waals surface area (Å²) in [4.78, 5) is 9.80. The molecule has 6 heteroatoms. The number of aliphatic imine (C=N–C) groups is 1. The standard InChI is InChI=1S/C20H43N5.HI/c1-6-21-20(23-19(4)11-7-10-18(2)3)22-12-8-14-25-15-9-13-24(5)16-17-25;/h18-19H,6-17H2,1-5H3,(H2,21,22,23);1H. The number of nitrogens with one attached hydrogen (secondary N) is 2. The first-order valence-corrected chi connectivity index (χ1v) is 10.5. The quantitative estimate of drug-likeness (QED) is 0.217. The molecule has 0 radical (unpaired) electrons. The SMILES string of the molecule is CCNC(=NCCCN1CCCN(C)CC1)NC(C)CCCC(C)C.I. The van der Waals surface area contributed by atoms with Crippen LogP contribution in [-0.2, 0) is 0 Å². The molecule has 0 aliphatic carbocycles. The van der Waals surface area contributed by atoms with Crippen molar-refractivity contribution < 1.29 is 0 Å². The highest BCUT2D eigenvalue weighted by atomic mass is 127. The maximum absolute atomic E-state index is 4.78. The maximum atomic E-state index is 4.78. The van der Waals surface area contributed by atoms with Gasteiger partial charge in [-0.15, -0.1) is 24.0 Å². The maximum Gasteiger partial charge on any atom is 0.191 e. The van der Waals surface area contributed by atoms with Crippen molar-refractivity contribution in [3.63, 3.8) is 0 Å². The van der Waals surface area contributed by atoms with Gasteiger partial charge in [-0.1, -0.05) is 26.7 Å². The lowest BCUT2D eigenvalue weighted by molar-refractivity contribution is 0.275. The molecule has 1 aliphatic rings. The van der Waals surface area contributed by atoms with Crippen LogP contribution >= 0.6 is 24.0 Å². The monoisotopic (exact) mass is 481 g/mol. The van der Waals surface area contributed by atoms with Crippen LogP contribution in [0.3, 0.4) is 0 Å². The Morgan fingerprint density at radius 2 is 1.81 bits per heavy atom. The topological polar surface area (TPSA) is 42.9 Å². The van der Waals surface area contributed by atoms with Crippen LogP contribution in [0.25, 0.3) is 0 Å². The van der Waals surface area contributed by atoms with E-state index in [0.717, 1.165) is 31.4 Å². The first-order valence-electron chi connectivity index (χ1n) is 10.5. The van der Waals surface area contributed by atoms with Crippen LogP contribution in [0.15, 0.2) is 4.99 Å². The lowest BCUT2D eigenvalue weighted by Crippen LogP contribution is -2.42. The number of hydrogen-bond acceptors (Lipinski definition) is 3. The van der Waals surface area contributed by atoms with Gasteiger partial charge in [0.2, 0.25) is 0 Å². The van der Waals surface area contributed by atoms with E-state index in [0.29, 0.717) is 6.04 Å². The molecule has 156 valence electrons. The summed E-state index contributed by atoms with van der Waals surface area (Å²) >= 11 is 0. The van der Waals surface area contributed by atoms with E-state index < -0.39 is 0 Å². The van der Waals surface area contributed by atoms with Crippen LogP contribution in [0.4, 0.5) is 0 Å². The molecule has 0 aromatic carbocycles. The van der Waals surface area contributed by atoms with Crippen molar-refractivity contribution in [2.45, 2.75) is 65.8 Å². The number of likely N-dealkylation sites (N-methyl/N-ethyl adjacent to an activating group) is 1. The van der Waals surface area contributed by atoms with Gasteiger partial charge in [0.25, 0.3) is 0 Å². The van der Waals surface area contributed by atoms with Gasteiger partial charge in [-0.25, -0.2) is 0 Å². The molecule has 1 fully saturated rings. The summed E-state index contributed by atoms with van der Waals surface area (Å²) < 4.78 is 0. The van der Waals surface area contributed by atoms with E-state index in [-0.39, 0.29) is 24.0 Å². The zero-order valence-corrected chi connectivity index (χ0v) is 20.2. The fourth-order valence-electron chi connectivity index (χ4n) is 3.27. The average Bonchev–Trinajstić information content (AvgIpc) is 2.75. The zero-order chi connectivity index (χ0) is 18.5. The normalized spacial score (nSPS) is 18.3. The Labute approximate surface area is 179 Å². The van der Waals surface area contributed by atoms with Crippen LogP contribution in [0.1, 0.15) is 59.8 Å². The van der Waals surface area contributed by atoms with Crippen molar-refractivity contribution in [2.75, 3.05) is 52.9 Å². The minimum atomic E-state index is 0. The molecular formula is C20H44IN5. The largest absolute Gasteiger partial charge is 0.357 e. The third-order valence-corrected chi connectivity index (χ3v) is 4.86. The average molecular weight is 482 g/mol. The molecule has 1 aliphatic heterocycles. The van der Waals surface area contributed by atoms with E-state index in [1.807, 2.05) is 0 Å². The van der Waals surface area contributed by atoms with Gasteiger partial charge in [-0.05, 0) is 65.7 Å². The lowest BCUT2D eigenvalue weighted by Gasteiger charge is -2.20. The van der Waals surface area contributed by atoms with E-state index in [4.69, 9.17) is 4.99 Å². The summed E-state index contributed by atoms with van der Waals surface area (Å²) in [7, 11) is 2.23. The molecule has 5 nitrogen and oxygen atoms in total. The number of rotatable bonds is 10. The lowest BCUT2D eigenvalue weighted by atomic mass is 10.0. The Morgan fingerprint density at radius 1 is 1.04 bits per heavy atom. The van der Waals surface area contributed by atoms with E-state index in [9.17, 15) is 0 Å². The molecule has 0 bridgehead atoms. The second kappa shape index (κ2) is 15.9. The first-order chi connectivity index (χ1) is 12.0. The summed E-state index contributed by atoms with van der Waals surface area (Å²) in [5.74, 6) is 1.78. The summed E-state index contributed by atoms with van der Waals surface area (Å²) in [6.45, 7) is 16.8. The molecule has 0 saturated carbocycles. The van der Waals surface area contributed by atoms with Gasteiger partial charge in [-0.2, -0.15) is 0 Å². The van der Waals surface area contributed by atoms with Gasteiger partial charge in [0.1, 0.15) is 0 Å². The van der Waals surface area contributed by atoms with Gasteiger partial charge in [-0.3, -0.25) is 4.99 Å². The summed E-state index contributed by atoms with van der Waals surface area (Å²) in [6, 6.07) is 0.484. The Bertz CT molecular complexity index is 362. The molecular weight excluding hydrogens is 437 g/mol. The Kier molecular flexibility index (Phi) is 15.9. The van der Waals surface area contributed by atoms with Crippen molar-refractivity contribution in [3.05, 3.63) is 0 Å². The Morgan fingerprint density at radius 3 is 2.50 bits per heavy atom. The smallest absolute Gasteiger partial charge is 0.191 e. The van der Waals surface area contributed by atoms with E-state index in [1.165, 1.54) is 58.4 Å². The molecule has 0 amide bonds. The summed E-state index contributed by atoms with van der Waals surface area (Å²) in [6.07, 6.45) is 6.24. The third kappa shape index (κ3) is 13.1. The van der Waals surface area contributed by atoms with Crippen LogP contribution < -0.4 is 10.6 Å². The second-order valence-corrected chi connectivity index (χ2v) is 7.98. The van der Waals surface area contributed by atoms with Crippen LogP contribution in [0.2, 0.25) is 0 Å². The Balaban J connectivity index is 0.00000625. The van der Waals surface area contributed by atoms with E-state index in [2.05, 4.69) is 55.2 Å². The molecule has 0 spiro atoms. The van der Waals surface area contributed by atoms with Gasteiger partial charge < -0.3 is 20.4 Å². The number of halogens is 1. The minimum Gasteiger partial charge on any atom is -0.357 e. The molecule has 1 atom stereocenters. The highest BCUT2D eigenvalue weighted by molar-refractivity contribution is 14.0. The van der Waals surface area contributed by atoms with Gasteiger partial charge >= 0.3 is 0 Å². The molecule has 1 rings (SSSR count). The third-order valence-electron chi connectivity index (χ3n) is 4.86. The summed E-state index contributed by atoms with van der Waals surface area (Å²) in [5, 5.41) is 6.95. The van der Waals surface area contributed by atoms with Crippen molar-refractivity contribution in [1.29, 1.82) is 0 Å². The van der Waals surface area contributed by atoms with Gasteiger partial charge in [0.05, 0.1) is 0 Å². The highest BCUT2D eigenvalue weighted by Crippen LogP contribution is 2.08. The summed E-state index contributed by atoms with van der Waals surface area (Å²) in [5.41, 5.74) is 0. The van der Waals surface area contributed by atoms with Crippen LogP contribution in [-0.4, -0.2) is 74.7 Å². The van der Waals surface area contributed by atoms with Crippen molar-refractivity contribution in [1.82, 2.24) is 20.4 Å². The molecule has 0 aromatic heterocycles. The predicted molar refractivity (Wildman–Crippen MR) is 126 cm³/mol. The molecule has 2 N–H and O–H groups in total. The number of guanidine groups is 1. The van der Waals surface area contributed by atoms with Crippen LogP contribution in [0.5, 0.6) is 0 Å². The van der Waals surface area contributed by atoms with Crippen molar-refractivity contribution in [2.24, 2.45) is 10.9 Å². The fraction of sp³-hybridized carbons (Fsp3) is 0.950. The van der Waals surface area contributed by atoms with Gasteiger partial charge in [0, 0.05) is 32.2 Å². The first kappa shape index (κ1) is 25.9. The molecule has 0 aromatic rings. The fourth-order valence-corrected chi connectivity index (χ4v) is 3.27. The van der Waals surface area contributed by atoms with Crippen molar-refractivity contribution in [3.8, 4) is 0 Å². The second-order valence-electron chi connectivity index (χ2n) is 7.98. The van der Waals surface area contributed by atoms with Crippen LogP contribution in [0, 0.1) is 5.92 Å². The zero-order valence-electron chi connectivity index (χ0n) is 17.9. The minimum absolute atomic E-state index is 0.